The van der Waals surface area contributed by atoms with Crippen LogP contribution in [0.15, 0.2) is 0 Å². The maximum Gasteiger partial charge on any atom is 0.220 e. The number of rotatable bonds is 7. The quantitative estimate of drug-likeness (QED) is 0.644. The zero-order chi connectivity index (χ0) is 11.7. The Morgan fingerprint density at radius 1 is 1.13 bits per heavy atom. The van der Waals surface area contributed by atoms with Crippen LogP contribution in [0.5, 0.6) is 0 Å². The average molecular weight is 213 g/mol. The summed E-state index contributed by atoms with van der Waals surface area (Å²) < 4.78 is 0. The average Bonchev–Trinajstić information content (AvgIpc) is 2.13. The van der Waals surface area contributed by atoms with Gasteiger partial charge in [-0.05, 0) is 18.3 Å². The fourth-order valence-electron chi connectivity index (χ4n) is 1.36. The monoisotopic (exact) mass is 213 g/mol. The maximum atomic E-state index is 11.4. The van der Waals surface area contributed by atoms with E-state index >= 15 is 0 Å². The molecule has 0 heterocycles. The summed E-state index contributed by atoms with van der Waals surface area (Å²) in [6, 6.07) is 0. The minimum absolute atomic E-state index is 0.210. The Morgan fingerprint density at radius 2 is 1.80 bits per heavy atom. The summed E-state index contributed by atoms with van der Waals surface area (Å²) >= 11 is 0. The molecule has 0 atom stereocenters. The van der Waals surface area contributed by atoms with Crippen LogP contribution in [0, 0.1) is 5.41 Å². The minimum atomic E-state index is 0.210. The molecule has 0 aliphatic carbocycles. The summed E-state index contributed by atoms with van der Waals surface area (Å²) in [5.41, 5.74) is 0.263. The van der Waals surface area contributed by atoms with E-state index in [1.54, 1.807) is 0 Å². The lowest BCUT2D eigenvalue weighted by atomic mass is 9.90. The third kappa shape index (κ3) is 11.4. The zero-order valence-corrected chi connectivity index (χ0v) is 10.9. The Balaban J connectivity index is 3.34. The zero-order valence-electron chi connectivity index (χ0n) is 10.9. The Kier molecular flexibility index (Phi) is 7.45. The van der Waals surface area contributed by atoms with Gasteiger partial charge in [-0.2, -0.15) is 0 Å². The minimum Gasteiger partial charge on any atom is -0.356 e. The number of unbranched alkanes of at least 4 members (excludes halogenated alkanes) is 3. The van der Waals surface area contributed by atoms with Crippen molar-refractivity contribution in [3.05, 3.63) is 0 Å². The van der Waals surface area contributed by atoms with Crippen molar-refractivity contribution < 1.29 is 4.79 Å². The number of nitrogens with one attached hydrogen (secondary N) is 1. The molecule has 0 aromatic carbocycles. The van der Waals surface area contributed by atoms with E-state index in [1.165, 1.54) is 19.3 Å². The van der Waals surface area contributed by atoms with Crippen LogP contribution in [0.4, 0.5) is 0 Å². The molecule has 2 heteroatoms. The van der Waals surface area contributed by atoms with Crippen LogP contribution in [0.1, 0.15) is 66.2 Å². The number of hydrogen-bond donors (Lipinski definition) is 1. The van der Waals surface area contributed by atoms with E-state index in [0.29, 0.717) is 6.42 Å². The molecule has 0 aliphatic heterocycles. The molecule has 0 rings (SSSR count). The molecule has 0 aliphatic rings. The van der Waals surface area contributed by atoms with Crippen LogP contribution in [0.25, 0.3) is 0 Å². The highest BCUT2D eigenvalue weighted by Crippen LogP contribution is 2.20. The number of carbonyl (C=O) groups excluding carboxylic acids is 1. The van der Waals surface area contributed by atoms with E-state index in [-0.39, 0.29) is 11.3 Å². The molecule has 0 bridgehead atoms. The van der Waals surface area contributed by atoms with Gasteiger partial charge in [0.1, 0.15) is 0 Å². The molecule has 0 saturated carbocycles. The predicted molar refractivity (Wildman–Crippen MR) is 65.8 cm³/mol. The van der Waals surface area contributed by atoms with Crippen molar-refractivity contribution in [1.29, 1.82) is 0 Å². The Bertz CT molecular complexity index is 170. The van der Waals surface area contributed by atoms with Gasteiger partial charge in [-0.1, -0.05) is 47.0 Å². The largest absolute Gasteiger partial charge is 0.356 e. The fourth-order valence-corrected chi connectivity index (χ4v) is 1.36. The summed E-state index contributed by atoms with van der Waals surface area (Å²) in [4.78, 5) is 11.4. The van der Waals surface area contributed by atoms with Crippen LogP contribution < -0.4 is 5.32 Å². The lowest BCUT2D eigenvalue weighted by Gasteiger charge is -2.17. The fraction of sp³-hybridized carbons (Fsp3) is 0.923. The van der Waals surface area contributed by atoms with Crippen molar-refractivity contribution in [2.75, 3.05) is 6.54 Å². The van der Waals surface area contributed by atoms with Crippen molar-refractivity contribution in [3.8, 4) is 0 Å². The van der Waals surface area contributed by atoms with E-state index < -0.39 is 0 Å². The van der Waals surface area contributed by atoms with Crippen LogP contribution in [0.3, 0.4) is 0 Å². The van der Waals surface area contributed by atoms with Crippen LogP contribution >= 0.6 is 0 Å². The van der Waals surface area contributed by atoms with Gasteiger partial charge in [-0.25, -0.2) is 0 Å². The van der Waals surface area contributed by atoms with E-state index in [4.69, 9.17) is 0 Å². The van der Waals surface area contributed by atoms with Gasteiger partial charge in [-0.3, -0.25) is 4.79 Å². The van der Waals surface area contributed by atoms with Crippen LogP contribution in [-0.2, 0) is 4.79 Å². The summed E-state index contributed by atoms with van der Waals surface area (Å²) in [7, 11) is 0. The molecule has 0 unspecified atom stereocenters. The standard InChI is InChI=1S/C13H27NO/c1-5-6-7-8-11-14-12(15)9-10-13(2,3)4/h5-11H2,1-4H3,(H,14,15). The van der Waals surface area contributed by atoms with E-state index in [2.05, 4.69) is 33.0 Å². The maximum absolute atomic E-state index is 11.4. The smallest absolute Gasteiger partial charge is 0.220 e. The molecular formula is C13H27NO. The normalized spacial score (nSPS) is 11.5. The summed E-state index contributed by atoms with van der Waals surface area (Å²) in [6.07, 6.45) is 6.51. The van der Waals surface area contributed by atoms with Crippen LogP contribution in [-0.4, -0.2) is 12.5 Å². The van der Waals surface area contributed by atoms with Crippen LogP contribution in [0.2, 0.25) is 0 Å². The van der Waals surface area contributed by atoms with Gasteiger partial charge in [0.2, 0.25) is 5.91 Å². The molecular weight excluding hydrogens is 186 g/mol. The molecule has 1 amide bonds. The predicted octanol–water partition coefficient (Wildman–Crippen LogP) is 3.51. The second-order valence-corrected chi connectivity index (χ2v) is 5.47. The molecule has 0 fully saturated rings. The lowest BCUT2D eigenvalue weighted by molar-refractivity contribution is -0.121. The first-order chi connectivity index (χ1) is 6.95. The third-order valence-corrected chi connectivity index (χ3v) is 2.45. The molecule has 0 radical (unpaired) electrons. The summed E-state index contributed by atoms with van der Waals surface area (Å²) in [6.45, 7) is 9.55. The molecule has 0 aromatic heterocycles. The molecule has 1 N–H and O–H groups in total. The Labute approximate surface area is 94.8 Å². The highest BCUT2D eigenvalue weighted by molar-refractivity contribution is 5.75. The van der Waals surface area contributed by atoms with Crippen molar-refractivity contribution in [2.45, 2.75) is 66.2 Å². The first kappa shape index (κ1) is 14.5. The van der Waals surface area contributed by atoms with Gasteiger partial charge in [0.15, 0.2) is 0 Å². The lowest BCUT2D eigenvalue weighted by Crippen LogP contribution is -2.25. The van der Waals surface area contributed by atoms with Gasteiger partial charge in [-0.15, -0.1) is 0 Å². The van der Waals surface area contributed by atoms with Gasteiger partial charge < -0.3 is 5.32 Å². The molecule has 0 spiro atoms. The Hall–Kier alpha value is -0.530. The van der Waals surface area contributed by atoms with E-state index in [1.807, 2.05) is 0 Å². The van der Waals surface area contributed by atoms with Gasteiger partial charge in [0, 0.05) is 13.0 Å². The van der Waals surface area contributed by atoms with Crippen molar-refractivity contribution in [2.24, 2.45) is 5.41 Å². The van der Waals surface area contributed by atoms with E-state index in [9.17, 15) is 4.79 Å². The van der Waals surface area contributed by atoms with Gasteiger partial charge >= 0.3 is 0 Å². The number of hydrogen-bond acceptors (Lipinski definition) is 1. The van der Waals surface area contributed by atoms with Gasteiger partial charge in [0.25, 0.3) is 0 Å². The first-order valence-corrected chi connectivity index (χ1v) is 6.22. The van der Waals surface area contributed by atoms with E-state index in [0.717, 1.165) is 19.4 Å². The molecule has 90 valence electrons. The third-order valence-electron chi connectivity index (χ3n) is 2.45. The van der Waals surface area contributed by atoms with Gasteiger partial charge in [0.05, 0.1) is 0 Å². The molecule has 0 saturated heterocycles. The topological polar surface area (TPSA) is 29.1 Å². The first-order valence-electron chi connectivity index (χ1n) is 6.22. The van der Waals surface area contributed by atoms with Crippen molar-refractivity contribution >= 4 is 5.91 Å². The van der Waals surface area contributed by atoms with Crippen molar-refractivity contribution in [1.82, 2.24) is 5.32 Å². The van der Waals surface area contributed by atoms with Crippen molar-refractivity contribution in [3.63, 3.8) is 0 Å². The summed E-state index contributed by atoms with van der Waals surface area (Å²) in [5, 5.41) is 2.98. The molecule has 2 nitrogen and oxygen atoms in total. The highest BCUT2D eigenvalue weighted by atomic mass is 16.1. The molecule has 15 heavy (non-hydrogen) atoms. The second-order valence-electron chi connectivity index (χ2n) is 5.47. The number of amides is 1. The highest BCUT2D eigenvalue weighted by Gasteiger charge is 2.12. The molecule has 0 aromatic rings. The SMILES string of the molecule is CCCCCCNC(=O)CCC(C)(C)C. The summed E-state index contributed by atoms with van der Waals surface area (Å²) in [5.74, 6) is 0.210. The number of carbonyl (C=O) groups is 1. The second kappa shape index (κ2) is 7.72. The Morgan fingerprint density at radius 3 is 2.33 bits per heavy atom.